The molecule has 2 N–H and O–H groups in total. The van der Waals surface area contributed by atoms with Gasteiger partial charge in [0.1, 0.15) is 11.5 Å². The molecule has 2 aliphatic heterocycles. The van der Waals surface area contributed by atoms with E-state index < -0.39 is 0 Å². The summed E-state index contributed by atoms with van der Waals surface area (Å²) in [7, 11) is 0. The smallest absolute Gasteiger partial charge is 0.329 e. The molecule has 4 heterocycles. The number of urea groups is 1. The predicted molar refractivity (Wildman–Crippen MR) is 103 cm³/mol. The van der Waals surface area contributed by atoms with E-state index >= 15 is 0 Å². The van der Waals surface area contributed by atoms with Gasteiger partial charge in [-0.1, -0.05) is 13.0 Å². The first-order valence-electron chi connectivity index (χ1n) is 9.23. The van der Waals surface area contributed by atoms with Gasteiger partial charge in [-0.3, -0.25) is 15.0 Å². The van der Waals surface area contributed by atoms with E-state index in [0.717, 1.165) is 31.6 Å². The van der Waals surface area contributed by atoms with Gasteiger partial charge in [-0.15, -0.1) is 0 Å². The van der Waals surface area contributed by atoms with Crippen LogP contribution in [0.3, 0.4) is 0 Å². The van der Waals surface area contributed by atoms with Crippen LogP contribution in [0.4, 0.5) is 22.1 Å². The van der Waals surface area contributed by atoms with Gasteiger partial charge >= 0.3 is 6.03 Å². The molecule has 2 aromatic rings. The Balaban J connectivity index is 1.65. The number of anilines is 3. The fourth-order valence-electron chi connectivity index (χ4n) is 3.53. The molecule has 4 rings (SSSR count). The summed E-state index contributed by atoms with van der Waals surface area (Å²) in [6.45, 7) is 4.23. The zero-order valence-electron chi connectivity index (χ0n) is 15.2. The Morgan fingerprint density at radius 1 is 1.26 bits per heavy atom. The van der Waals surface area contributed by atoms with Crippen molar-refractivity contribution in [2.75, 3.05) is 34.8 Å². The van der Waals surface area contributed by atoms with E-state index in [4.69, 9.17) is 0 Å². The van der Waals surface area contributed by atoms with Crippen LogP contribution in [0.15, 0.2) is 36.5 Å². The predicted octanol–water partition coefficient (Wildman–Crippen LogP) is 2.25. The first-order chi connectivity index (χ1) is 13.2. The number of hydrogen-bond acceptors (Lipinski definition) is 5. The number of rotatable bonds is 4. The summed E-state index contributed by atoms with van der Waals surface area (Å²) in [5.74, 6) is 0.792. The lowest BCUT2D eigenvalue weighted by Crippen LogP contribution is -2.48. The average molecular weight is 366 g/mol. The summed E-state index contributed by atoms with van der Waals surface area (Å²) >= 11 is 0. The zero-order valence-corrected chi connectivity index (χ0v) is 15.2. The number of carbonyl (C=O) groups is 2. The van der Waals surface area contributed by atoms with E-state index in [9.17, 15) is 9.59 Å². The van der Waals surface area contributed by atoms with E-state index in [-0.39, 0.29) is 18.0 Å². The molecule has 2 bridgehead atoms. The minimum Gasteiger partial charge on any atom is -0.366 e. The fourth-order valence-corrected chi connectivity index (χ4v) is 3.53. The maximum Gasteiger partial charge on any atom is 0.329 e. The van der Waals surface area contributed by atoms with Crippen molar-refractivity contribution in [3.63, 3.8) is 0 Å². The lowest BCUT2D eigenvalue weighted by Gasteiger charge is -2.35. The van der Waals surface area contributed by atoms with Gasteiger partial charge in [0.15, 0.2) is 5.82 Å². The molecule has 1 atom stereocenters. The lowest BCUT2D eigenvalue weighted by molar-refractivity contribution is 0.0948. The number of aromatic nitrogens is 2. The van der Waals surface area contributed by atoms with Crippen molar-refractivity contribution in [1.82, 2.24) is 15.3 Å². The third-order valence-electron chi connectivity index (χ3n) is 4.84. The van der Waals surface area contributed by atoms with Crippen molar-refractivity contribution >= 4 is 29.3 Å². The maximum absolute atomic E-state index is 13.0. The van der Waals surface area contributed by atoms with E-state index in [1.165, 1.54) is 0 Å². The molecule has 2 aromatic heterocycles. The van der Waals surface area contributed by atoms with E-state index in [0.29, 0.717) is 23.9 Å². The minimum absolute atomic E-state index is 0.0302. The zero-order chi connectivity index (χ0) is 18.8. The van der Waals surface area contributed by atoms with E-state index in [2.05, 4.69) is 25.5 Å². The molecule has 8 nitrogen and oxygen atoms in total. The van der Waals surface area contributed by atoms with Crippen molar-refractivity contribution in [1.29, 1.82) is 0 Å². The van der Waals surface area contributed by atoms with Gasteiger partial charge < -0.3 is 10.2 Å². The summed E-state index contributed by atoms with van der Waals surface area (Å²) in [4.78, 5) is 37.9. The summed E-state index contributed by atoms with van der Waals surface area (Å²) in [5, 5.41) is 5.67. The van der Waals surface area contributed by atoms with Crippen LogP contribution in [-0.4, -0.2) is 47.6 Å². The Morgan fingerprint density at radius 3 is 2.93 bits per heavy atom. The van der Waals surface area contributed by atoms with Gasteiger partial charge in [0, 0.05) is 25.8 Å². The summed E-state index contributed by atoms with van der Waals surface area (Å²) in [6, 6.07) is 8.71. The molecule has 0 aliphatic carbocycles. The Morgan fingerprint density at radius 2 is 2.15 bits per heavy atom. The molecule has 3 amide bonds. The van der Waals surface area contributed by atoms with Crippen LogP contribution in [0, 0.1) is 0 Å². The van der Waals surface area contributed by atoms with Gasteiger partial charge in [0.05, 0.1) is 11.7 Å². The highest BCUT2D eigenvalue weighted by Gasteiger charge is 2.40. The van der Waals surface area contributed by atoms with Gasteiger partial charge in [0.2, 0.25) is 0 Å². The standard InChI is InChI=1S/C19H22N6O2/c1-2-9-21-18(26)14-6-7-15-17(22-14)25(13-8-11-24(15)12-13)19(27)23-16-5-3-4-10-20-16/h3-7,10,13H,2,8-9,11-12H2,1H3,(H,21,26)(H,20,23,27). The first kappa shape index (κ1) is 17.3. The molecule has 1 fully saturated rings. The largest absolute Gasteiger partial charge is 0.366 e. The number of nitrogens with one attached hydrogen (secondary N) is 2. The van der Waals surface area contributed by atoms with Crippen molar-refractivity contribution < 1.29 is 9.59 Å². The van der Waals surface area contributed by atoms with Gasteiger partial charge in [-0.2, -0.15) is 0 Å². The van der Waals surface area contributed by atoms with Crippen LogP contribution >= 0.6 is 0 Å². The molecule has 0 spiro atoms. The number of hydrogen-bond donors (Lipinski definition) is 2. The van der Waals surface area contributed by atoms with Crippen LogP contribution in [0.2, 0.25) is 0 Å². The maximum atomic E-state index is 13.0. The SMILES string of the molecule is CCCNC(=O)c1ccc2c(n1)N(C(=O)Nc1ccccn1)C1CCN2C1. The fraction of sp³-hybridized carbons (Fsp3) is 0.368. The number of nitrogens with zero attached hydrogens (tertiary/aromatic N) is 4. The topological polar surface area (TPSA) is 90.5 Å². The number of fused-ring (bicyclic) bond motifs is 4. The molecule has 2 aliphatic rings. The van der Waals surface area contributed by atoms with E-state index in [1.807, 2.05) is 19.1 Å². The first-order valence-corrected chi connectivity index (χ1v) is 9.23. The molecule has 1 unspecified atom stereocenters. The quantitative estimate of drug-likeness (QED) is 0.866. The Bertz CT molecular complexity index is 857. The summed E-state index contributed by atoms with van der Waals surface area (Å²) in [5.41, 5.74) is 1.20. The van der Waals surface area contributed by atoms with Gasteiger partial charge in [0.25, 0.3) is 5.91 Å². The van der Waals surface area contributed by atoms with Crippen molar-refractivity contribution in [2.45, 2.75) is 25.8 Å². The van der Waals surface area contributed by atoms with Crippen molar-refractivity contribution in [3.05, 3.63) is 42.2 Å². The van der Waals surface area contributed by atoms with E-state index in [1.54, 1.807) is 29.3 Å². The number of amides is 3. The average Bonchev–Trinajstić information content (AvgIpc) is 3.11. The molecule has 0 aromatic carbocycles. The lowest BCUT2D eigenvalue weighted by atomic mass is 10.1. The molecule has 8 heteroatoms. The molecule has 140 valence electrons. The van der Waals surface area contributed by atoms with Gasteiger partial charge in [-0.25, -0.2) is 14.8 Å². The molecule has 27 heavy (non-hydrogen) atoms. The highest BCUT2D eigenvalue weighted by molar-refractivity contribution is 6.05. The highest BCUT2D eigenvalue weighted by atomic mass is 16.2. The summed E-state index contributed by atoms with van der Waals surface area (Å²) in [6.07, 6.45) is 3.35. The minimum atomic E-state index is -0.278. The second-order valence-electron chi connectivity index (χ2n) is 6.70. The number of pyridine rings is 2. The number of carbonyl (C=O) groups excluding carboxylic acids is 2. The molecular formula is C19H22N6O2. The normalized spacial score (nSPS) is 17.4. The van der Waals surface area contributed by atoms with Crippen molar-refractivity contribution in [3.8, 4) is 0 Å². The van der Waals surface area contributed by atoms with Crippen LogP contribution in [0.1, 0.15) is 30.3 Å². The van der Waals surface area contributed by atoms with Crippen LogP contribution in [0.25, 0.3) is 0 Å². The highest BCUT2D eigenvalue weighted by Crippen LogP contribution is 2.39. The second-order valence-corrected chi connectivity index (χ2v) is 6.70. The Kier molecular flexibility index (Phi) is 4.62. The Labute approximate surface area is 157 Å². The second kappa shape index (κ2) is 7.22. The molecule has 0 saturated carbocycles. The third-order valence-corrected chi connectivity index (χ3v) is 4.84. The molecule has 1 saturated heterocycles. The molecule has 0 radical (unpaired) electrons. The third kappa shape index (κ3) is 3.30. The van der Waals surface area contributed by atoms with Crippen LogP contribution < -0.4 is 20.4 Å². The Hall–Kier alpha value is -3.16. The van der Waals surface area contributed by atoms with Crippen LogP contribution in [-0.2, 0) is 0 Å². The molecular weight excluding hydrogens is 344 g/mol. The monoisotopic (exact) mass is 366 g/mol. The van der Waals surface area contributed by atoms with Gasteiger partial charge in [-0.05, 0) is 37.1 Å². The van der Waals surface area contributed by atoms with Crippen molar-refractivity contribution in [2.24, 2.45) is 0 Å². The summed E-state index contributed by atoms with van der Waals surface area (Å²) < 4.78 is 0. The van der Waals surface area contributed by atoms with Crippen LogP contribution in [0.5, 0.6) is 0 Å².